The fourth-order valence-corrected chi connectivity index (χ4v) is 2.03. The predicted molar refractivity (Wildman–Crippen MR) is 73.6 cm³/mol. The van der Waals surface area contributed by atoms with Crippen LogP contribution in [0.3, 0.4) is 0 Å². The molecule has 1 N–H and O–H groups in total. The lowest BCUT2D eigenvalue weighted by Crippen LogP contribution is -2.37. The van der Waals surface area contributed by atoms with E-state index in [9.17, 15) is 0 Å². The molecule has 0 saturated carbocycles. The maximum atomic E-state index is 3.50. The van der Waals surface area contributed by atoms with Gasteiger partial charge in [0, 0.05) is 23.6 Å². The van der Waals surface area contributed by atoms with Gasteiger partial charge in [0.15, 0.2) is 0 Å². The number of halogens is 1. The largest absolute Gasteiger partial charge is 0.315 e. The van der Waals surface area contributed by atoms with Gasteiger partial charge in [-0.25, -0.2) is 0 Å². The average molecular weight is 285 g/mol. The van der Waals surface area contributed by atoms with E-state index in [1.54, 1.807) is 0 Å². The van der Waals surface area contributed by atoms with Gasteiger partial charge in [-0.1, -0.05) is 35.0 Å². The molecule has 0 aliphatic rings. The average Bonchev–Trinajstić information content (AvgIpc) is 2.25. The fourth-order valence-electron chi connectivity index (χ4n) is 1.59. The summed E-state index contributed by atoms with van der Waals surface area (Å²) in [5, 5.41) is 3.38. The minimum absolute atomic E-state index is 0.555. The van der Waals surface area contributed by atoms with Crippen LogP contribution in [0.2, 0.25) is 0 Å². The Bertz CT molecular complexity index is 315. The van der Waals surface area contributed by atoms with Gasteiger partial charge in [-0.05, 0) is 38.2 Å². The quantitative estimate of drug-likeness (QED) is 0.864. The van der Waals surface area contributed by atoms with E-state index in [0.29, 0.717) is 6.04 Å². The Morgan fingerprint density at radius 1 is 1.44 bits per heavy atom. The number of benzene rings is 1. The molecule has 0 spiro atoms. The van der Waals surface area contributed by atoms with Crippen LogP contribution in [0.15, 0.2) is 28.7 Å². The second kappa shape index (κ2) is 7.05. The lowest BCUT2D eigenvalue weighted by atomic mass is 10.2. The van der Waals surface area contributed by atoms with Crippen LogP contribution in [0.1, 0.15) is 19.4 Å². The Morgan fingerprint density at radius 3 is 2.81 bits per heavy atom. The number of hydrogen-bond donors (Lipinski definition) is 1. The van der Waals surface area contributed by atoms with Gasteiger partial charge < -0.3 is 5.32 Å². The SMILES string of the molecule is CCNCC(C)N(C)Cc1cccc(Br)c1. The maximum Gasteiger partial charge on any atom is 0.0234 e. The van der Waals surface area contributed by atoms with Crippen LogP contribution in [0, 0.1) is 0 Å². The lowest BCUT2D eigenvalue weighted by molar-refractivity contribution is 0.244. The third-order valence-electron chi connectivity index (χ3n) is 2.76. The zero-order valence-electron chi connectivity index (χ0n) is 10.3. The number of rotatable bonds is 6. The molecule has 0 fully saturated rings. The van der Waals surface area contributed by atoms with Crippen LogP contribution in [-0.2, 0) is 6.54 Å². The zero-order chi connectivity index (χ0) is 12.0. The van der Waals surface area contributed by atoms with Crippen molar-refractivity contribution >= 4 is 15.9 Å². The Morgan fingerprint density at radius 2 is 2.19 bits per heavy atom. The molecule has 1 atom stereocenters. The van der Waals surface area contributed by atoms with Gasteiger partial charge in [0.05, 0.1) is 0 Å². The van der Waals surface area contributed by atoms with Gasteiger partial charge in [0.1, 0.15) is 0 Å². The minimum atomic E-state index is 0.555. The van der Waals surface area contributed by atoms with Crippen LogP contribution in [0.4, 0.5) is 0 Å². The zero-order valence-corrected chi connectivity index (χ0v) is 11.9. The highest BCUT2D eigenvalue weighted by Gasteiger charge is 2.08. The summed E-state index contributed by atoms with van der Waals surface area (Å²) in [6.45, 7) is 7.46. The molecule has 90 valence electrons. The van der Waals surface area contributed by atoms with Crippen LogP contribution in [-0.4, -0.2) is 31.1 Å². The molecule has 1 aromatic rings. The lowest BCUT2D eigenvalue weighted by Gasteiger charge is -2.25. The molecule has 0 aromatic heterocycles. The molecule has 0 aliphatic heterocycles. The molecule has 3 heteroatoms. The van der Waals surface area contributed by atoms with Crippen molar-refractivity contribution in [1.82, 2.24) is 10.2 Å². The van der Waals surface area contributed by atoms with Crippen LogP contribution >= 0.6 is 15.9 Å². The summed E-state index contributed by atoms with van der Waals surface area (Å²) in [5.41, 5.74) is 1.35. The van der Waals surface area contributed by atoms with Crippen molar-refractivity contribution in [3.8, 4) is 0 Å². The molecule has 0 radical (unpaired) electrons. The van der Waals surface area contributed by atoms with E-state index in [1.807, 2.05) is 0 Å². The molecular weight excluding hydrogens is 264 g/mol. The summed E-state index contributed by atoms with van der Waals surface area (Å²) in [7, 11) is 2.17. The van der Waals surface area contributed by atoms with Crippen molar-refractivity contribution in [2.75, 3.05) is 20.1 Å². The van der Waals surface area contributed by atoms with E-state index >= 15 is 0 Å². The Labute approximate surface area is 107 Å². The molecular formula is C13H21BrN2. The highest BCUT2D eigenvalue weighted by Crippen LogP contribution is 2.13. The second-order valence-corrected chi connectivity index (χ2v) is 5.12. The number of hydrogen-bond acceptors (Lipinski definition) is 2. The summed E-state index contributed by atoms with van der Waals surface area (Å²) in [6, 6.07) is 9.05. The normalized spacial score (nSPS) is 13.1. The first-order chi connectivity index (χ1) is 7.63. The van der Waals surface area contributed by atoms with Crippen molar-refractivity contribution in [2.24, 2.45) is 0 Å². The van der Waals surface area contributed by atoms with Crippen molar-refractivity contribution in [3.05, 3.63) is 34.3 Å². The van der Waals surface area contributed by atoms with E-state index in [1.165, 1.54) is 5.56 Å². The van der Waals surface area contributed by atoms with Gasteiger partial charge in [-0.3, -0.25) is 4.90 Å². The predicted octanol–water partition coefficient (Wildman–Crippen LogP) is 2.88. The molecule has 1 unspecified atom stereocenters. The van der Waals surface area contributed by atoms with Gasteiger partial charge in [-0.15, -0.1) is 0 Å². The second-order valence-electron chi connectivity index (χ2n) is 4.20. The molecule has 0 bridgehead atoms. The van der Waals surface area contributed by atoms with Crippen molar-refractivity contribution in [1.29, 1.82) is 0 Å². The molecule has 0 aliphatic carbocycles. The highest BCUT2D eigenvalue weighted by atomic mass is 79.9. The van der Waals surface area contributed by atoms with E-state index < -0.39 is 0 Å². The highest BCUT2D eigenvalue weighted by molar-refractivity contribution is 9.10. The summed E-state index contributed by atoms with van der Waals surface area (Å²) >= 11 is 3.50. The monoisotopic (exact) mass is 284 g/mol. The fraction of sp³-hybridized carbons (Fsp3) is 0.538. The summed E-state index contributed by atoms with van der Waals surface area (Å²) < 4.78 is 1.15. The van der Waals surface area contributed by atoms with Crippen LogP contribution in [0.25, 0.3) is 0 Å². The van der Waals surface area contributed by atoms with E-state index in [2.05, 4.69) is 71.3 Å². The standard InChI is InChI=1S/C13H21BrN2/c1-4-15-9-11(2)16(3)10-12-6-5-7-13(14)8-12/h5-8,11,15H,4,9-10H2,1-3H3. The number of nitrogens with zero attached hydrogens (tertiary/aromatic N) is 1. The Kier molecular flexibility index (Phi) is 6.03. The van der Waals surface area contributed by atoms with E-state index in [4.69, 9.17) is 0 Å². The minimum Gasteiger partial charge on any atom is -0.315 e. The van der Waals surface area contributed by atoms with E-state index in [-0.39, 0.29) is 0 Å². The van der Waals surface area contributed by atoms with Gasteiger partial charge >= 0.3 is 0 Å². The summed E-state index contributed by atoms with van der Waals surface area (Å²) in [5.74, 6) is 0. The van der Waals surface area contributed by atoms with Gasteiger partial charge in [-0.2, -0.15) is 0 Å². The van der Waals surface area contributed by atoms with Crippen molar-refractivity contribution in [3.63, 3.8) is 0 Å². The summed E-state index contributed by atoms with van der Waals surface area (Å²) in [4.78, 5) is 2.37. The van der Waals surface area contributed by atoms with Gasteiger partial charge in [0.25, 0.3) is 0 Å². The molecule has 16 heavy (non-hydrogen) atoms. The Balaban J connectivity index is 2.47. The number of likely N-dealkylation sites (N-methyl/N-ethyl adjacent to an activating group) is 2. The molecule has 0 heterocycles. The first-order valence-corrected chi connectivity index (χ1v) is 6.58. The van der Waals surface area contributed by atoms with Crippen molar-refractivity contribution < 1.29 is 0 Å². The third-order valence-corrected chi connectivity index (χ3v) is 3.26. The molecule has 0 saturated heterocycles. The van der Waals surface area contributed by atoms with E-state index in [0.717, 1.165) is 24.1 Å². The van der Waals surface area contributed by atoms with Crippen molar-refractivity contribution in [2.45, 2.75) is 26.4 Å². The smallest absolute Gasteiger partial charge is 0.0234 e. The van der Waals surface area contributed by atoms with Crippen LogP contribution in [0.5, 0.6) is 0 Å². The number of nitrogens with one attached hydrogen (secondary N) is 1. The summed E-state index contributed by atoms with van der Waals surface area (Å²) in [6.07, 6.45) is 0. The van der Waals surface area contributed by atoms with Crippen LogP contribution < -0.4 is 5.32 Å². The molecule has 2 nitrogen and oxygen atoms in total. The van der Waals surface area contributed by atoms with Gasteiger partial charge in [0.2, 0.25) is 0 Å². The molecule has 0 amide bonds. The topological polar surface area (TPSA) is 15.3 Å². The third kappa shape index (κ3) is 4.64. The first kappa shape index (κ1) is 13.7. The maximum absolute atomic E-state index is 3.50. The molecule has 1 rings (SSSR count). The molecule has 1 aromatic carbocycles. The first-order valence-electron chi connectivity index (χ1n) is 5.79. The Hall–Kier alpha value is -0.380.